The Morgan fingerprint density at radius 3 is 2.31 bits per heavy atom. The number of rotatable bonds is 7. The van der Waals surface area contributed by atoms with E-state index in [1.165, 1.54) is 10.5 Å². The number of benzene rings is 1. The molecule has 0 fully saturated rings. The van der Waals surface area contributed by atoms with Gasteiger partial charge in [0.15, 0.2) is 0 Å². The van der Waals surface area contributed by atoms with Crippen LogP contribution in [0.4, 0.5) is 0 Å². The maximum Gasteiger partial charge on any atom is 0.247 e. The lowest BCUT2D eigenvalue weighted by Crippen LogP contribution is -2.30. The van der Waals surface area contributed by atoms with Gasteiger partial charge in [-0.2, -0.15) is 14.5 Å². The van der Waals surface area contributed by atoms with Crippen LogP contribution >= 0.6 is 0 Å². The average Bonchev–Trinajstić information content (AvgIpc) is 3.22. The Bertz CT molecular complexity index is 976. The van der Waals surface area contributed by atoms with E-state index in [9.17, 15) is 8.42 Å². The van der Waals surface area contributed by atoms with Gasteiger partial charge in [0.25, 0.3) is 0 Å². The molecule has 0 spiro atoms. The molecule has 3 rings (SSSR count). The maximum absolute atomic E-state index is 13.3. The summed E-state index contributed by atoms with van der Waals surface area (Å²) >= 11 is 0. The molecule has 0 radical (unpaired) electrons. The first kappa shape index (κ1) is 18.3. The SMILES string of the molecule is CCn1cc(CN(Cc2ccccc2)S(=O)(=O)c2cnn(C)c2C)cn1. The summed E-state index contributed by atoms with van der Waals surface area (Å²) in [5, 5.41) is 8.34. The lowest BCUT2D eigenvalue weighted by molar-refractivity contribution is 0.400. The maximum atomic E-state index is 13.3. The van der Waals surface area contributed by atoms with Gasteiger partial charge in [-0.1, -0.05) is 30.3 Å². The molecule has 26 heavy (non-hydrogen) atoms. The molecule has 0 bridgehead atoms. The normalized spacial score (nSPS) is 12.0. The lowest BCUT2D eigenvalue weighted by atomic mass is 10.2. The second kappa shape index (κ2) is 7.43. The molecule has 0 unspecified atom stereocenters. The Labute approximate surface area is 153 Å². The van der Waals surface area contributed by atoms with Gasteiger partial charge in [0.2, 0.25) is 10.0 Å². The summed E-state index contributed by atoms with van der Waals surface area (Å²) in [5.41, 5.74) is 2.40. The van der Waals surface area contributed by atoms with Gasteiger partial charge in [0.05, 0.1) is 18.1 Å². The molecular weight excluding hydrogens is 350 g/mol. The second-order valence-corrected chi connectivity index (χ2v) is 8.09. The molecule has 0 aliphatic carbocycles. The van der Waals surface area contributed by atoms with Gasteiger partial charge < -0.3 is 0 Å². The van der Waals surface area contributed by atoms with Gasteiger partial charge in [-0.15, -0.1) is 0 Å². The molecule has 2 heterocycles. The third kappa shape index (κ3) is 3.71. The van der Waals surface area contributed by atoms with E-state index in [4.69, 9.17) is 0 Å². The molecular formula is C18H23N5O2S. The molecule has 7 nitrogen and oxygen atoms in total. The molecule has 8 heteroatoms. The Morgan fingerprint density at radius 1 is 1.04 bits per heavy atom. The van der Waals surface area contributed by atoms with Crippen molar-refractivity contribution in [3.8, 4) is 0 Å². The van der Waals surface area contributed by atoms with Gasteiger partial charge >= 0.3 is 0 Å². The first-order valence-electron chi connectivity index (χ1n) is 8.46. The summed E-state index contributed by atoms with van der Waals surface area (Å²) in [6, 6.07) is 9.58. The molecule has 0 amide bonds. The van der Waals surface area contributed by atoms with Crippen molar-refractivity contribution in [2.24, 2.45) is 7.05 Å². The predicted molar refractivity (Wildman–Crippen MR) is 98.7 cm³/mol. The fourth-order valence-electron chi connectivity index (χ4n) is 2.75. The van der Waals surface area contributed by atoms with E-state index in [1.807, 2.05) is 43.5 Å². The number of hydrogen-bond acceptors (Lipinski definition) is 4. The molecule has 0 aliphatic heterocycles. The van der Waals surface area contributed by atoms with E-state index < -0.39 is 10.0 Å². The van der Waals surface area contributed by atoms with E-state index in [0.717, 1.165) is 17.7 Å². The van der Waals surface area contributed by atoms with Crippen molar-refractivity contribution in [2.45, 2.75) is 38.4 Å². The van der Waals surface area contributed by atoms with E-state index in [-0.39, 0.29) is 18.0 Å². The predicted octanol–water partition coefficient (Wildman–Crippen LogP) is 2.34. The van der Waals surface area contributed by atoms with E-state index in [0.29, 0.717) is 5.69 Å². The minimum atomic E-state index is -3.69. The van der Waals surface area contributed by atoms with Crippen LogP contribution in [0.2, 0.25) is 0 Å². The van der Waals surface area contributed by atoms with Crippen LogP contribution in [0.1, 0.15) is 23.7 Å². The molecule has 0 saturated heterocycles. The summed E-state index contributed by atoms with van der Waals surface area (Å²) in [6.45, 7) is 5.04. The highest BCUT2D eigenvalue weighted by atomic mass is 32.2. The Morgan fingerprint density at radius 2 is 1.73 bits per heavy atom. The smallest absolute Gasteiger partial charge is 0.247 e. The van der Waals surface area contributed by atoms with Crippen molar-refractivity contribution in [1.82, 2.24) is 23.9 Å². The second-order valence-electron chi connectivity index (χ2n) is 6.18. The van der Waals surface area contributed by atoms with Crippen molar-refractivity contribution in [3.05, 3.63) is 65.7 Å². The minimum Gasteiger partial charge on any atom is -0.273 e. The Kier molecular flexibility index (Phi) is 5.24. The third-order valence-corrected chi connectivity index (χ3v) is 6.27. The monoisotopic (exact) mass is 373 g/mol. The first-order chi connectivity index (χ1) is 12.4. The zero-order chi connectivity index (χ0) is 18.7. The highest BCUT2D eigenvalue weighted by Crippen LogP contribution is 2.23. The van der Waals surface area contributed by atoms with E-state index in [1.54, 1.807) is 29.5 Å². The lowest BCUT2D eigenvalue weighted by Gasteiger charge is -2.21. The van der Waals surface area contributed by atoms with Crippen molar-refractivity contribution in [2.75, 3.05) is 0 Å². The quantitative estimate of drug-likeness (QED) is 0.637. The number of hydrogen-bond donors (Lipinski definition) is 0. The summed E-state index contributed by atoms with van der Waals surface area (Å²) in [6.07, 6.45) is 5.01. The van der Waals surface area contributed by atoms with Crippen LogP contribution in [-0.4, -0.2) is 32.3 Å². The van der Waals surface area contributed by atoms with Gasteiger partial charge in [-0.25, -0.2) is 8.42 Å². The van der Waals surface area contributed by atoms with Crippen molar-refractivity contribution >= 4 is 10.0 Å². The summed E-state index contributed by atoms with van der Waals surface area (Å²) < 4.78 is 31.4. The Hall–Kier alpha value is -2.45. The van der Waals surface area contributed by atoms with Gasteiger partial charge in [0, 0.05) is 38.4 Å². The zero-order valence-corrected chi connectivity index (χ0v) is 16.0. The number of aryl methyl sites for hydroxylation is 2. The van der Waals surface area contributed by atoms with Crippen LogP contribution in [0.25, 0.3) is 0 Å². The van der Waals surface area contributed by atoms with Crippen molar-refractivity contribution in [1.29, 1.82) is 0 Å². The Balaban J connectivity index is 1.97. The summed E-state index contributed by atoms with van der Waals surface area (Å²) in [5.74, 6) is 0. The van der Waals surface area contributed by atoms with Crippen LogP contribution < -0.4 is 0 Å². The fourth-order valence-corrected chi connectivity index (χ4v) is 4.35. The zero-order valence-electron chi connectivity index (χ0n) is 15.2. The van der Waals surface area contributed by atoms with Crippen LogP contribution in [0.5, 0.6) is 0 Å². The molecule has 3 aromatic rings. The van der Waals surface area contributed by atoms with Gasteiger partial charge in [-0.05, 0) is 19.4 Å². The standard InChI is InChI=1S/C18H23N5O2S/c1-4-22-12-17(10-20-22)14-23(13-16-8-6-5-7-9-16)26(24,25)18-11-19-21(3)15(18)2/h5-12H,4,13-14H2,1-3H3. The molecule has 1 aromatic carbocycles. The fraction of sp³-hybridized carbons (Fsp3) is 0.333. The number of nitrogens with zero attached hydrogens (tertiary/aromatic N) is 5. The van der Waals surface area contributed by atoms with Crippen LogP contribution in [-0.2, 0) is 36.7 Å². The summed E-state index contributed by atoms with van der Waals surface area (Å²) in [7, 11) is -1.95. The highest BCUT2D eigenvalue weighted by Gasteiger charge is 2.28. The van der Waals surface area contributed by atoms with Crippen LogP contribution in [0.15, 0.2) is 53.8 Å². The van der Waals surface area contributed by atoms with Crippen molar-refractivity contribution in [3.63, 3.8) is 0 Å². The first-order valence-corrected chi connectivity index (χ1v) is 9.90. The van der Waals surface area contributed by atoms with Gasteiger partial charge in [0.1, 0.15) is 4.90 Å². The third-order valence-electron chi connectivity index (χ3n) is 4.38. The van der Waals surface area contributed by atoms with Crippen LogP contribution in [0, 0.1) is 6.92 Å². The largest absolute Gasteiger partial charge is 0.273 e. The average molecular weight is 373 g/mol. The van der Waals surface area contributed by atoms with E-state index in [2.05, 4.69) is 10.2 Å². The molecule has 0 atom stereocenters. The molecule has 0 N–H and O–H groups in total. The number of aromatic nitrogens is 4. The van der Waals surface area contributed by atoms with Crippen molar-refractivity contribution < 1.29 is 8.42 Å². The topological polar surface area (TPSA) is 73.0 Å². The molecule has 2 aromatic heterocycles. The molecule has 0 aliphatic rings. The molecule has 0 saturated carbocycles. The minimum absolute atomic E-state index is 0.235. The highest BCUT2D eigenvalue weighted by molar-refractivity contribution is 7.89. The van der Waals surface area contributed by atoms with E-state index >= 15 is 0 Å². The molecule has 138 valence electrons. The number of sulfonamides is 1. The van der Waals surface area contributed by atoms with Gasteiger partial charge in [-0.3, -0.25) is 9.36 Å². The van der Waals surface area contributed by atoms with Crippen LogP contribution in [0.3, 0.4) is 0 Å². The summed E-state index contributed by atoms with van der Waals surface area (Å²) in [4.78, 5) is 0.235.